The monoisotopic (exact) mass is 298 g/mol. The number of benzene rings is 2. The summed E-state index contributed by atoms with van der Waals surface area (Å²) in [6.07, 6.45) is 0. The summed E-state index contributed by atoms with van der Waals surface area (Å²) in [7, 11) is 0. The van der Waals surface area contributed by atoms with Crippen LogP contribution in [-0.4, -0.2) is 9.58 Å². The molecule has 0 aliphatic rings. The highest BCUT2D eigenvalue weighted by molar-refractivity contribution is 6.77. The van der Waals surface area contributed by atoms with E-state index < -0.39 is 9.58 Å². The van der Waals surface area contributed by atoms with Crippen LogP contribution in [0.2, 0.25) is 0 Å². The summed E-state index contributed by atoms with van der Waals surface area (Å²) in [5.74, 6) is -0.521. The number of hydrogen-bond acceptors (Lipinski definition) is 1. The predicted octanol–water partition coefficient (Wildman–Crippen LogP) is 4.91. The van der Waals surface area contributed by atoms with E-state index in [1.165, 1.54) is 0 Å². The van der Waals surface area contributed by atoms with E-state index in [1.54, 1.807) is 12.1 Å². The van der Waals surface area contributed by atoms with Crippen molar-refractivity contribution in [1.82, 2.24) is 0 Å². The van der Waals surface area contributed by atoms with Crippen molar-refractivity contribution in [2.75, 3.05) is 0 Å². The molecule has 0 atom stereocenters. The van der Waals surface area contributed by atoms with E-state index in [9.17, 15) is 4.79 Å². The van der Waals surface area contributed by atoms with E-state index in [1.807, 2.05) is 42.5 Å². The zero-order valence-corrected chi connectivity index (χ0v) is 11.5. The van der Waals surface area contributed by atoms with E-state index >= 15 is 0 Å². The second kappa shape index (κ2) is 5.31. The Morgan fingerprint density at radius 1 is 0.778 bits per heavy atom. The molecule has 2 rings (SSSR count). The average molecular weight is 300 g/mol. The first-order valence-corrected chi connectivity index (χ1v) is 6.39. The van der Waals surface area contributed by atoms with Crippen LogP contribution in [0.25, 0.3) is 11.1 Å². The Labute approximate surface area is 120 Å². The summed E-state index contributed by atoms with van der Waals surface area (Å²) < 4.78 is -1.91. The second-order valence-electron chi connectivity index (χ2n) is 3.77. The lowest BCUT2D eigenvalue weighted by molar-refractivity contribution is 0.0996. The van der Waals surface area contributed by atoms with Gasteiger partial charge in [-0.2, -0.15) is 0 Å². The number of hydrogen-bond donors (Lipinski definition) is 0. The molecule has 0 aromatic heterocycles. The van der Waals surface area contributed by atoms with Crippen LogP contribution < -0.4 is 0 Å². The van der Waals surface area contributed by atoms with Crippen LogP contribution in [0.3, 0.4) is 0 Å². The lowest BCUT2D eigenvalue weighted by Crippen LogP contribution is -2.18. The highest BCUT2D eigenvalue weighted by Gasteiger charge is 2.31. The Hall–Kier alpha value is -1.02. The van der Waals surface area contributed by atoms with Gasteiger partial charge >= 0.3 is 0 Å². The molecule has 92 valence electrons. The number of halogens is 3. The Morgan fingerprint density at radius 3 is 1.78 bits per heavy atom. The topological polar surface area (TPSA) is 17.1 Å². The molecule has 0 N–H and O–H groups in total. The average Bonchev–Trinajstić information content (AvgIpc) is 2.38. The molecule has 0 heterocycles. The zero-order valence-electron chi connectivity index (χ0n) is 9.24. The Bertz CT molecular complexity index is 542. The summed E-state index contributed by atoms with van der Waals surface area (Å²) in [4.78, 5) is 11.7. The molecule has 1 nitrogen and oxygen atoms in total. The van der Waals surface area contributed by atoms with Gasteiger partial charge in [0.05, 0.1) is 0 Å². The molecule has 0 bridgehead atoms. The fraction of sp³-hybridized carbons (Fsp3) is 0.0714. The van der Waals surface area contributed by atoms with Crippen molar-refractivity contribution < 1.29 is 4.79 Å². The van der Waals surface area contributed by atoms with Crippen molar-refractivity contribution in [1.29, 1.82) is 0 Å². The molecular weight excluding hydrogens is 291 g/mol. The van der Waals surface area contributed by atoms with Crippen LogP contribution in [0.1, 0.15) is 10.4 Å². The van der Waals surface area contributed by atoms with E-state index in [0.717, 1.165) is 11.1 Å². The summed E-state index contributed by atoms with van der Waals surface area (Å²) in [6, 6.07) is 16.8. The Balaban J connectivity index is 2.29. The van der Waals surface area contributed by atoms with E-state index in [0.29, 0.717) is 5.56 Å². The van der Waals surface area contributed by atoms with Crippen molar-refractivity contribution in [2.45, 2.75) is 3.79 Å². The van der Waals surface area contributed by atoms with Gasteiger partial charge < -0.3 is 0 Å². The first kappa shape index (κ1) is 13.4. The molecule has 2 aromatic carbocycles. The SMILES string of the molecule is O=C(c1ccc(-c2ccccc2)cc1)C(Cl)(Cl)Cl. The molecule has 2 aromatic rings. The maximum atomic E-state index is 11.7. The number of carbonyl (C=O) groups is 1. The lowest BCUT2D eigenvalue weighted by Gasteiger charge is -2.09. The number of rotatable bonds is 2. The largest absolute Gasteiger partial charge is 0.289 e. The lowest BCUT2D eigenvalue weighted by atomic mass is 10.0. The molecule has 0 amide bonds. The maximum absolute atomic E-state index is 11.7. The third kappa shape index (κ3) is 3.05. The molecular formula is C14H9Cl3O. The van der Waals surface area contributed by atoms with Crippen molar-refractivity contribution >= 4 is 40.6 Å². The minimum Gasteiger partial charge on any atom is -0.289 e. The normalized spacial score (nSPS) is 11.3. The van der Waals surface area contributed by atoms with Crippen LogP contribution in [-0.2, 0) is 0 Å². The van der Waals surface area contributed by atoms with Crippen molar-refractivity contribution in [3.05, 3.63) is 60.2 Å². The van der Waals surface area contributed by atoms with Crippen molar-refractivity contribution in [3.8, 4) is 11.1 Å². The van der Waals surface area contributed by atoms with E-state index in [4.69, 9.17) is 34.8 Å². The van der Waals surface area contributed by atoms with Gasteiger partial charge in [0, 0.05) is 5.56 Å². The Morgan fingerprint density at radius 2 is 1.28 bits per heavy atom. The van der Waals surface area contributed by atoms with Gasteiger partial charge in [-0.3, -0.25) is 4.79 Å². The predicted molar refractivity (Wildman–Crippen MR) is 76.5 cm³/mol. The molecule has 4 heteroatoms. The number of ketones is 1. The highest BCUT2D eigenvalue weighted by atomic mass is 35.6. The third-order valence-electron chi connectivity index (χ3n) is 2.51. The van der Waals surface area contributed by atoms with E-state index in [-0.39, 0.29) is 0 Å². The third-order valence-corrected chi connectivity index (χ3v) is 3.03. The number of carbonyl (C=O) groups excluding carboxylic acids is 1. The molecule has 0 saturated carbocycles. The van der Waals surface area contributed by atoms with Gasteiger partial charge in [-0.05, 0) is 11.1 Å². The first-order chi connectivity index (χ1) is 8.48. The molecule has 0 aliphatic heterocycles. The van der Waals surface area contributed by atoms with Crippen LogP contribution >= 0.6 is 34.8 Å². The van der Waals surface area contributed by atoms with Gasteiger partial charge in [0.15, 0.2) is 0 Å². The molecule has 0 unspecified atom stereocenters. The van der Waals surface area contributed by atoms with Gasteiger partial charge in [-0.15, -0.1) is 0 Å². The first-order valence-electron chi connectivity index (χ1n) is 5.25. The molecule has 0 aliphatic carbocycles. The minimum atomic E-state index is -1.91. The van der Waals surface area contributed by atoms with Crippen LogP contribution in [0.15, 0.2) is 54.6 Å². The van der Waals surface area contributed by atoms with Gasteiger partial charge in [0.2, 0.25) is 5.78 Å². The van der Waals surface area contributed by atoms with Crippen LogP contribution in [0.5, 0.6) is 0 Å². The standard InChI is InChI=1S/C14H9Cl3O/c15-14(16,17)13(18)12-8-6-11(7-9-12)10-4-2-1-3-5-10/h1-9H. The summed E-state index contributed by atoms with van der Waals surface area (Å²) in [5, 5.41) is 0. The second-order valence-corrected chi connectivity index (χ2v) is 6.05. The Kier molecular flexibility index (Phi) is 3.96. The van der Waals surface area contributed by atoms with Gasteiger partial charge in [0.1, 0.15) is 0 Å². The molecule has 0 spiro atoms. The molecule has 0 fully saturated rings. The van der Waals surface area contributed by atoms with Crippen molar-refractivity contribution in [3.63, 3.8) is 0 Å². The summed E-state index contributed by atoms with van der Waals surface area (Å²) in [6.45, 7) is 0. The summed E-state index contributed by atoms with van der Waals surface area (Å²) in [5.41, 5.74) is 2.47. The molecule has 0 radical (unpaired) electrons. The van der Waals surface area contributed by atoms with Gasteiger partial charge in [0.25, 0.3) is 3.79 Å². The highest BCUT2D eigenvalue weighted by Crippen LogP contribution is 2.31. The minimum absolute atomic E-state index is 0.384. The smallest absolute Gasteiger partial charge is 0.253 e. The van der Waals surface area contributed by atoms with Crippen molar-refractivity contribution in [2.24, 2.45) is 0 Å². The fourth-order valence-corrected chi connectivity index (χ4v) is 1.94. The number of Topliss-reactive ketones (excluding diaryl/α,β-unsaturated/α-hetero) is 1. The van der Waals surface area contributed by atoms with E-state index in [2.05, 4.69) is 0 Å². The molecule has 18 heavy (non-hydrogen) atoms. The zero-order chi connectivity index (χ0) is 13.2. The fourth-order valence-electron chi connectivity index (χ4n) is 1.61. The number of alkyl halides is 3. The van der Waals surface area contributed by atoms with Gasteiger partial charge in [-0.25, -0.2) is 0 Å². The van der Waals surface area contributed by atoms with Crippen LogP contribution in [0, 0.1) is 0 Å². The van der Waals surface area contributed by atoms with Gasteiger partial charge in [-0.1, -0.05) is 89.4 Å². The molecule has 0 saturated heterocycles. The maximum Gasteiger partial charge on any atom is 0.253 e. The quantitative estimate of drug-likeness (QED) is 0.569. The van der Waals surface area contributed by atoms with Crippen LogP contribution in [0.4, 0.5) is 0 Å². The summed E-state index contributed by atoms with van der Waals surface area (Å²) >= 11 is 16.7.